The van der Waals surface area contributed by atoms with E-state index in [4.69, 9.17) is 15.8 Å². The van der Waals surface area contributed by atoms with Crippen LogP contribution in [0, 0.1) is 6.92 Å². The van der Waals surface area contributed by atoms with Crippen molar-refractivity contribution in [2.45, 2.75) is 24.7 Å². The second-order valence-corrected chi connectivity index (χ2v) is 6.82. The molecule has 0 bridgehead atoms. The predicted octanol–water partition coefficient (Wildman–Crippen LogP) is 3.46. The van der Waals surface area contributed by atoms with Crippen molar-refractivity contribution in [3.8, 4) is 5.75 Å². The molecule has 0 atom stereocenters. The van der Waals surface area contributed by atoms with Crippen LogP contribution in [0.25, 0.3) is 0 Å². The highest BCUT2D eigenvalue weighted by Gasteiger charge is 2.16. The molecule has 2 aromatic carbocycles. The molecule has 0 aliphatic carbocycles. The van der Waals surface area contributed by atoms with Gasteiger partial charge in [-0.1, -0.05) is 29.8 Å². The molecule has 0 saturated heterocycles. The third kappa shape index (κ3) is 4.58. The summed E-state index contributed by atoms with van der Waals surface area (Å²) in [6, 6.07) is 13.0. The van der Waals surface area contributed by atoms with Crippen LogP contribution in [0.4, 0.5) is 0 Å². The fourth-order valence-corrected chi connectivity index (χ4v) is 2.89. The number of carbonyl (C=O) groups excluding carboxylic acids is 1. The lowest BCUT2D eigenvalue weighted by molar-refractivity contribution is -0.111. The van der Waals surface area contributed by atoms with Gasteiger partial charge in [-0.05, 0) is 54.8 Å². The van der Waals surface area contributed by atoms with E-state index in [9.17, 15) is 13.2 Å². The number of halogens is 1. The summed E-state index contributed by atoms with van der Waals surface area (Å²) in [5, 5.41) is -0.432. The van der Waals surface area contributed by atoms with Gasteiger partial charge in [-0.2, -0.15) is 8.42 Å². The Morgan fingerprint density at radius 3 is 2.45 bits per heavy atom. The molecule has 0 amide bonds. The summed E-state index contributed by atoms with van der Waals surface area (Å²) in [6.07, 6.45) is 0.625. The van der Waals surface area contributed by atoms with Crippen LogP contribution in [-0.2, 0) is 21.3 Å². The van der Waals surface area contributed by atoms with Crippen molar-refractivity contribution < 1.29 is 17.4 Å². The molecule has 22 heavy (non-hydrogen) atoms. The van der Waals surface area contributed by atoms with Crippen LogP contribution in [-0.4, -0.2) is 13.7 Å². The lowest BCUT2D eigenvalue weighted by atomic mass is 10.1. The van der Waals surface area contributed by atoms with Gasteiger partial charge in [0.1, 0.15) is 10.6 Å². The molecule has 2 rings (SSSR count). The molecule has 0 heterocycles. The number of aryl methyl sites for hydroxylation is 2. The maximum Gasteiger partial charge on any atom is 0.339 e. The number of rotatable bonds is 6. The number of benzene rings is 2. The SMILES string of the molecule is Cc1ccc(S(=O)(=O)Oc2cccc(CCC(=O)Cl)c2)cc1. The van der Waals surface area contributed by atoms with Crippen LogP contribution in [0.2, 0.25) is 0 Å². The molecule has 6 heteroatoms. The Bertz CT molecular complexity index is 767. The third-order valence-electron chi connectivity index (χ3n) is 3.02. The van der Waals surface area contributed by atoms with Gasteiger partial charge in [-0.15, -0.1) is 0 Å². The van der Waals surface area contributed by atoms with Crippen LogP contribution in [0.15, 0.2) is 53.4 Å². The zero-order valence-electron chi connectivity index (χ0n) is 12.0. The van der Waals surface area contributed by atoms with Crippen molar-refractivity contribution in [3.05, 3.63) is 59.7 Å². The zero-order valence-corrected chi connectivity index (χ0v) is 13.5. The van der Waals surface area contributed by atoms with Gasteiger partial charge in [0, 0.05) is 6.42 Å². The predicted molar refractivity (Wildman–Crippen MR) is 84.6 cm³/mol. The van der Waals surface area contributed by atoms with Crippen LogP contribution < -0.4 is 4.18 Å². The van der Waals surface area contributed by atoms with E-state index in [1.165, 1.54) is 12.1 Å². The Morgan fingerprint density at radius 2 is 1.82 bits per heavy atom. The molecule has 2 aromatic rings. The molecule has 0 unspecified atom stereocenters. The van der Waals surface area contributed by atoms with Crippen LogP contribution in [0.1, 0.15) is 17.5 Å². The van der Waals surface area contributed by atoms with Gasteiger partial charge in [0.15, 0.2) is 0 Å². The number of hydrogen-bond acceptors (Lipinski definition) is 4. The van der Waals surface area contributed by atoms with Crippen LogP contribution >= 0.6 is 11.6 Å². The summed E-state index contributed by atoms with van der Waals surface area (Å²) in [5.74, 6) is 0.208. The lowest BCUT2D eigenvalue weighted by Gasteiger charge is -2.08. The van der Waals surface area contributed by atoms with Crippen molar-refractivity contribution in [1.29, 1.82) is 0 Å². The smallest absolute Gasteiger partial charge is 0.339 e. The molecule has 0 aromatic heterocycles. The highest BCUT2D eigenvalue weighted by atomic mass is 35.5. The van der Waals surface area contributed by atoms with Gasteiger partial charge >= 0.3 is 10.1 Å². The molecule has 0 aliphatic heterocycles. The van der Waals surface area contributed by atoms with Gasteiger partial charge in [-0.3, -0.25) is 4.79 Å². The zero-order chi connectivity index (χ0) is 16.2. The molecule has 0 spiro atoms. The summed E-state index contributed by atoms with van der Waals surface area (Å²) in [7, 11) is -3.87. The van der Waals surface area contributed by atoms with E-state index in [2.05, 4.69) is 0 Å². The Balaban J connectivity index is 2.17. The van der Waals surface area contributed by atoms with E-state index in [-0.39, 0.29) is 17.1 Å². The minimum atomic E-state index is -3.87. The summed E-state index contributed by atoms with van der Waals surface area (Å²) in [4.78, 5) is 10.9. The Hall–Kier alpha value is -1.85. The van der Waals surface area contributed by atoms with Gasteiger partial charge in [0.05, 0.1) is 0 Å². The molecule has 0 radical (unpaired) electrons. The first kappa shape index (κ1) is 16.5. The molecule has 0 aliphatic rings. The second-order valence-electron chi connectivity index (χ2n) is 4.85. The molecule has 0 saturated carbocycles. The summed E-state index contributed by atoms with van der Waals surface area (Å²) >= 11 is 5.30. The van der Waals surface area contributed by atoms with E-state index in [1.54, 1.807) is 36.4 Å². The Kier molecular flexibility index (Phi) is 5.21. The Morgan fingerprint density at radius 1 is 1.14 bits per heavy atom. The van der Waals surface area contributed by atoms with E-state index < -0.39 is 15.4 Å². The maximum absolute atomic E-state index is 12.2. The monoisotopic (exact) mass is 338 g/mol. The molecular weight excluding hydrogens is 324 g/mol. The van der Waals surface area contributed by atoms with Crippen LogP contribution in [0.5, 0.6) is 5.75 Å². The average Bonchev–Trinajstić information content (AvgIpc) is 2.45. The van der Waals surface area contributed by atoms with Crippen molar-refractivity contribution in [3.63, 3.8) is 0 Å². The molecular formula is C16H15ClO4S. The molecule has 4 nitrogen and oxygen atoms in total. The fraction of sp³-hybridized carbons (Fsp3) is 0.188. The highest BCUT2D eigenvalue weighted by Crippen LogP contribution is 2.21. The van der Waals surface area contributed by atoms with Gasteiger partial charge in [0.2, 0.25) is 5.24 Å². The molecule has 0 fully saturated rings. The minimum Gasteiger partial charge on any atom is -0.379 e. The number of hydrogen-bond donors (Lipinski definition) is 0. The van der Waals surface area contributed by atoms with E-state index in [0.29, 0.717) is 6.42 Å². The Labute approximate surface area is 134 Å². The summed E-state index contributed by atoms with van der Waals surface area (Å²) in [5.41, 5.74) is 1.75. The summed E-state index contributed by atoms with van der Waals surface area (Å²) in [6.45, 7) is 1.87. The van der Waals surface area contributed by atoms with Crippen LogP contribution in [0.3, 0.4) is 0 Å². The standard InChI is InChI=1S/C16H15ClO4S/c1-12-5-8-15(9-6-12)22(19,20)21-14-4-2-3-13(11-14)7-10-16(17)18/h2-6,8-9,11H,7,10H2,1H3. The lowest BCUT2D eigenvalue weighted by Crippen LogP contribution is -2.09. The van der Waals surface area contributed by atoms with E-state index in [1.807, 2.05) is 6.92 Å². The van der Waals surface area contributed by atoms with E-state index in [0.717, 1.165) is 11.1 Å². The molecule has 0 N–H and O–H groups in total. The first-order chi connectivity index (χ1) is 10.4. The fourth-order valence-electron chi connectivity index (χ4n) is 1.88. The van der Waals surface area contributed by atoms with Crippen molar-refractivity contribution in [1.82, 2.24) is 0 Å². The van der Waals surface area contributed by atoms with Gasteiger partial charge in [0.25, 0.3) is 0 Å². The number of carbonyl (C=O) groups is 1. The third-order valence-corrected chi connectivity index (χ3v) is 4.47. The first-order valence-electron chi connectivity index (χ1n) is 6.65. The van der Waals surface area contributed by atoms with Crippen molar-refractivity contribution >= 4 is 27.0 Å². The average molecular weight is 339 g/mol. The normalized spacial score (nSPS) is 11.2. The summed E-state index contributed by atoms with van der Waals surface area (Å²) < 4.78 is 29.5. The quantitative estimate of drug-likeness (QED) is 0.597. The first-order valence-corrected chi connectivity index (χ1v) is 8.44. The second kappa shape index (κ2) is 6.94. The van der Waals surface area contributed by atoms with Crippen molar-refractivity contribution in [2.24, 2.45) is 0 Å². The topological polar surface area (TPSA) is 60.4 Å². The van der Waals surface area contributed by atoms with Gasteiger partial charge in [-0.25, -0.2) is 0 Å². The minimum absolute atomic E-state index is 0.0967. The highest BCUT2D eigenvalue weighted by molar-refractivity contribution is 7.87. The van der Waals surface area contributed by atoms with E-state index >= 15 is 0 Å². The van der Waals surface area contributed by atoms with Crippen molar-refractivity contribution in [2.75, 3.05) is 0 Å². The van der Waals surface area contributed by atoms with Gasteiger partial charge < -0.3 is 4.18 Å². The maximum atomic E-state index is 12.2. The largest absolute Gasteiger partial charge is 0.379 e. The molecule has 116 valence electrons.